The van der Waals surface area contributed by atoms with E-state index in [1.54, 1.807) is 29.1 Å². The topological polar surface area (TPSA) is 59.8 Å². The molecule has 0 saturated carbocycles. The number of benzene rings is 1. The van der Waals surface area contributed by atoms with Gasteiger partial charge in [-0.15, -0.1) is 0 Å². The Morgan fingerprint density at radius 1 is 1.13 bits per heavy atom. The molecule has 1 aromatic carbocycles. The fourth-order valence-corrected chi connectivity index (χ4v) is 2.13. The maximum Gasteiger partial charge on any atom is 0.261 e. The molecule has 2 aromatic heterocycles. The van der Waals surface area contributed by atoms with Gasteiger partial charge in [0.2, 0.25) is 0 Å². The molecule has 0 atom stereocenters. The van der Waals surface area contributed by atoms with Gasteiger partial charge in [-0.1, -0.05) is 6.07 Å². The van der Waals surface area contributed by atoms with Gasteiger partial charge in [0.15, 0.2) is 0 Å². The summed E-state index contributed by atoms with van der Waals surface area (Å²) in [6, 6.07) is 6.52. The van der Waals surface area contributed by atoms with E-state index in [1.807, 2.05) is 6.92 Å². The van der Waals surface area contributed by atoms with Crippen LogP contribution in [-0.4, -0.2) is 20.4 Å². The van der Waals surface area contributed by atoms with Crippen LogP contribution in [0.4, 0.5) is 14.5 Å². The number of imidazole rings is 1. The van der Waals surface area contributed by atoms with Crippen LogP contribution < -0.4 is 5.32 Å². The molecule has 23 heavy (non-hydrogen) atoms. The maximum atomic E-state index is 13.6. The monoisotopic (exact) mass is 314 g/mol. The van der Waals surface area contributed by atoms with Crippen LogP contribution in [0.1, 0.15) is 16.2 Å². The van der Waals surface area contributed by atoms with Crippen molar-refractivity contribution in [2.24, 2.45) is 0 Å². The lowest BCUT2D eigenvalue weighted by atomic mass is 10.2. The van der Waals surface area contributed by atoms with Crippen molar-refractivity contribution in [3.05, 3.63) is 71.9 Å². The van der Waals surface area contributed by atoms with Gasteiger partial charge in [-0.25, -0.2) is 18.7 Å². The Balaban J connectivity index is 1.81. The van der Waals surface area contributed by atoms with Gasteiger partial charge in [-0.05, 0) is 31.2 Å². The molecule has 0 aliphatic rings. The van der Waals surface area contributed by atoms with Crippen LogP contribution in [0, 0.1) is 18.6 Å². The molecule has 0 aliphatic carbocycles. The summed E-state index contributed by atoms with van der Waals surface area (Å²) in [6.45, 7) is 1.83. The fourth-order valence-electron chi connectivity index (χ4n) is 2.13. The van der Waals surface area contributed by atoms with Crippen molar-refractivity contribution in [2.45, 2.75) is 6.92 Å². The number of aromatic nitrogens is 3. The first kappa shape index (κ1) is 14.8. The lowest BCUT2D eigenvalue weighted by Crippen LogP contribution is -2.16. The van der Waals surface area contributed by atoms with E-state index in [4.69, 9.17) is 0 Å². The van der Waals surface area contributed by atoms with Crippen molar-refractivity contribution in [1.82, 2.24) is 14.5 Å². The number of carbonyl (C=O) groups is 1. The summed E-state index contributed by atoms with van der Waals surface area (Å²) in [5.41, 5.74) is -0.291. The van der Waals surface area contributed by atoms with Gasteiger partial charge in [-0.2, -0.15) is 0 Å². The normalized spacial score (nSPS) is 10.6. The summed E-state index contributed by atoms with van der Waals surface area (Å²) in [6.07, 6.45) is 4.81. The average Bonchev–Trinajstić information content (AvgIpc) is 2.94. The standard InChI is InChI=1S/C16H12F2N4O/c1-10-19-7-8-22(10)14-6-5-11(9-20-14)21-16(23)15-12(17)3-2-4-13(15)18/h2-9H,1H3,(H,21,23). The SMILES string of the molecule is Cc1nccn1-c1ccc(NC(=O)c2c(F)cccc2F)cn1. The molecule has 7 heteroatoms. The third-order valence-corrected chi connectivity index (χ3v) is 3.27. The Hall–Kier alpha value is -3.09. The summed E-state index contributed by atoms with van der Waals surface area (Å²) in [4.78, 5) is 20.3. The molecule has 0 saturated heterocycles. The van der Waals surface area contributed by atoms with Crippen molar-refractivity contribution >= 4 is 11.6 Å². The van der Waals surface area contributed by atoms with E-state index in [1.165, 1.54) is 12.3 Å². The van der Waals surface area contributed by atoms with Gasteiger partial charge >= 0.3 is 0 Å². The van der Waals surface area contributed by atoms with E-state index >= 15 is 0 Å². The van der Waals surface area contributed by atoms with Crippen LogP contribution in [0.2, 0.25) is 0 Å². The van der Waals surface area contributed by atoms with Crippen LogP contribution >= 0.6 is 0 Å². The summed E-state index contributed by atoms with van der Waals surface area (Å²) >= 11 is 0. The van der Waals surface area contributed by atoms with E-state index in [2.05, 4.69) is 15.3 Å². The van der Waals surface area contributed by atoms with Crippen molar-refractivity contribution in [3.8, 4) is 5.82 Å². The lowest BCUT2D eigenvalue weighted by molar-refractivity contribution is 0.101. The van der Waals surface area contributed by atoms with E-state index < -0.39 is 23.1 Å². The smallest absolute Gasteiger partial charge is 0.261 e. The van der Waals surface area contributed by atoms with Crippen molar-refractivity contribution in [1.29, 1.82) is 0 Å². The molecular formula is C16H12F2N4O. The predicted molar refractivity (Wildman–Crippen MR) is 80.4 cm³/mol. The molecule has 0 bridgehead atoms. The Morgan fingerprint density at radius 3 is 2.43 bits per heavy atom. The summed E-state index contributed by atoms with van der Waals surface area (Å²) in [5, 5.41) is 2.42. The van der Waals surface area contributed by atoms with Crippen LogP contribution in [0.5, 0.6) is 0 Å². The summed E-state index contributed by atoms with van der Waals surface area (Å²) in [5.74, 6) is -1.31. The minimum absolute atomic E-state index is 0.333. The molecular weight excluding hydrogens is 302 g/mol. The third kappa shape index (κ3) is 2.94. The Morgan fingerprint density at radius 2 is 1.87 bits per heavy atom. The van der Waals surface area contributed by atoms with Crippen LogP contribution in [-0.2, 0) is 0 Å². The molecule has 3 aromatic rings. The quantitative estimate of drug-likeness (QED) is 0.808. The van der Waals surface area contributed by atoms with E-state index in [0.717, 1.165) is 18.0 Å². The van der Waals surface area contributed by atoms with E-state index in [-0.39, 0.29) is 0 Å². The highest BCUT2D eigenvalue weighted by Crippen LogP contribution is 2.16. The van der Waals surface area contributed by atoms with Gasteiger partial charge in [0.05, 0.1) is 11.9 Å². The number of hydrogen-bond acceptors (Lipinski definition) is 3. The molecule has 0 radical (unpaired) electrons. The number of amides is 1. The zero-order valence-electron chi connectivity index (χ0n) is 12.1. The van der Waals surface area contributed by atoms with Crippen LogP contribution in [0.15, 0.2) is 48.9 Å². The molecule has 0 fully saturated rings. The van der Waals surface area contributed by atoms with E-state index in [0.29, 0.717) is 11.5 Å². The third-order valence-electron chi connectivity index (χ3n) is 3.27. The Labute approximate surface area is 130 Å². The molecule has 5 nitrogen and oxygen atoms in total. The minimum Gasteiger partial charge on any atom is -0.320 e. The summed E-state index contributed by atoms with van der Waals surface area (Å²) in [7, 11) is 0. The zero-order chi connectivity index (χ0) is 16.4. The minimum atomic E-state index is -0.916. The zero-order valence-corrected chi connectivity index (χ0v) is 12.1. The van der Waals surface area contributed by atoms with Crippen molar-refractivity contribution in [2.75, 3.05) is 5.32 Å². The second-order valence-corrected chi connectivity index (χ2v) is 4.80. The second-order valence-electron chi connectivity index (χ2n) is 4.80. The first-order valence-electron chi connectivity index (χ1n) is 6.78. The van der Waals surface area contributed by atoms with E-state index in [9.17, 15) is 13.6 Å². The number of aryl methyl sites for hydroxylation is 1. The molecule has 116 valence electrons. The number of halogens is 2. The maximum absolute atomic E-state index is 13.6. The van der Waals surface area contributed by atoms with Crippen molar-refractivity contribution < 1.29 is 13.6 Å². The highest BCUT2D eigenvalue weighted by molar-refractivity contribution is 6.04. The molecule has 0 unspecified atom stereocenters. The lowest BCUT2D eigenvalue weighted by Gasteiger charge is -2.08. The Kier molecular flexibility index (Phi) is 3.84. The number of nitrogens with zero attached hydrogens (tertiary/aromatic N) is 3. The molecule has 1 N–H and O–H groups in total. The van der Waals surface area contributed by atoms with Crippen molar-refractivity contribution in [3.63, 3.8) is 0 Å². The predicted octanol–water partition coefficient (Wildman–Crippen LogP) is 3.11. The molecule has 1 amide bonds. The number of hydrogen-bond donors (Lipinski definition) is 1. The first-order valence-corrected chi connectivity index (χ1v) is 6.78. The first-order chi connectivity index (χ1) is 11.1. The molecule has 0 aliphatic heterocycles. The highest BCUT2D eigenvalue weighted by Gasteiger charge is 2.17. The number of rotatable bonds is 3. The number of carbonyl (C=O) groups excluding carboxylic acids is 1. The molecule has 0 spiro atoms. The Bertz CT molecular complexity index is 839. The van der Waals surface area contributed by atoms with Crippen LogP contribution in [0.25, 0.3) is 5.82 Å². The largest absolute Gasteiger partial charge is 0.320 e. The van der Waals surface area contributed by atoms with Gasteiger partial charge in [0.25, 0.3) is 5.91 Å². The summed E-state index contributed by atoms with van der Waals surface area (Å²) < 4.78 is 28.9. The van der Waals surface area contributed by atoms with Gasteiger partial charge in [0, 0.05) is 12.4 Å². The molecule has 2 heterocycles. The second kappa shape index (κ2) is 5.96. The average molecular weight is 314 g/mol. The number of anilines is 1. The van der Waals surface area contributed by atoms with Gasteiger partial charge in [-0.3, -0.25) is 9.36 Å². The number of nitrogens with one attached hydrogen (secondary N) is 1. The van der Waals surface area contributed by atoms with Gasteiger partial charge < -0.3 is 5.32 Å². The molecule has 3 rings (SSSR count). The van der Waals surface area contributed by atoms with Crippen LogP contribution in [0.3, 0.4) is 0 Å². The van der Waals surface area contributed by atoms with Gasteiger partial charge in [0.1, 0.15) is 28.8 Å². The number of pyridine rings is 1. The fraction of sp³-hybridized carbons (Fsp3) is 0.0625. The highest BCUT2D eigenvalue weighted by atomic mass is 19.1.